The molecule has 3 aromatic rings. The normalized spacial score (nSPS) is 11.2. The first-order chi connectivity index (χ1) is 14.9. The van der Waals surface area contributed by atoms with Gasteiger partial charge in [-0.1, -0.05) is 61.9 Å². The van der Waals surface area contributed by atoms with E-state index in [-0.39, 0.29) is 5.78 Å². The molecule has 0 aliphatic rings. The van der Waals surface area contributed by atoms with Crippen molar-refractivity contribution in [3.05, 3.63) is 99.6 Å². The van der Waals surface area contributed by atoms with E-state index in [0.29, 0.717) is 23.1 Å². The first kappa shape index (κ1) is 22.6. The van der Waals surface area contributed by atoms with Gasteiger partial charge in [0.05, 0.1) is 7.11 Å². The number of benzene rings is 3. The van der Waals surface area contributed by atoms with Crippen LogP contribution in [0, 0.1) is 6.92 Å². The Morgan fingerprint density at radius 3 is 2.42 bits per heavy atom. The molecule has 0 aromatic heterocycles. The number of hydrogen-bond acceptors (Lipinski definition) is 3. The van der Waals surface area contributed by atoms with Crippen LogP contribution in [0.2, 0.25) is 5.02 Å². The molecule has 3 nitrogen and oxygen atoms in total. The quantitative estimate of drug-likeness (QED) is 0.276. The summed E-state index contributed by atoms with van der Waals surface area (Å²) < 4.78 is 11.4. The van der Waals surface area contributed by atoms with Crippen LogP contribution in [0.3, 0.4) is 0 Å². The number of halogens is 1. The minimum atomic E-state index is -0.0273. The van der Waals surface area contributed by atoms with E-state index in [9.17, 15) is 4.79 Å². The van der Waals surface area contributed by atoms with Crippen LogP contribution in [0.15, 0.2) is 66.7 Å². The standard InChI is InChI=1S/C27H27ClO3/c1-18(2)21-7-9-22(10-8-21)26(29)13-5-20-6-14-27(30-4)23(16-20)17-31-24-11-12-25(28)19(3)15-24/h5-16,18H,17H2,1-4H3/b13-5+. The molecule has 3 rings (SSSR count). The van der Waals surface area contributed by atoms with Crippen LogP contribution >= 0.6 is 11.6 Å². The van der Waals surface area contributed by atoms with E-state index in [1.165, 1.54) is 5.56 Å². The third-order valence-corrected chi connectivity index (χ3v) is 5.54. The first-order valence-corrected chi connectivity index (χ1v) is 10.6. The molecule has 0 N–H and O–H groups in total. The Kier molecular flexibility index (Phi) is 7.54. The number of carbonyl (C=O) groups excluding carboxylic acids is 1. The average molecular weight is 435 g/mol. The number of carbonyl (C=O) groups is 1. The lowest BCUT2D eigenvalue weighted by Crippen LogP contribution is -2.00. The molecule has 0 fully saturated rings. The maximum Gasteiger partial charge on any atom is 0.185 e. The highest BCUT2D eigenvalue weighted by Gasteiger charge is 2.07. The van der Waals surface area contributed by atoms with Crippen LogP contribution < -0.4 is 9.47 Å². The molecule has 0 unspecified atom stereocenters. The summed E-state index contributed by atoms with van der Waals surface area (Å²) in [6.45, 7) is 6.55. The van der Waals surface area contributed by atoms with Gasteiger partial charge in [-0.15, -0.1) is 0 Å². The van der Waals surface area contributed by atoms with Crippen molar-refractivity contribution in [1.29, 1.82) is 0 Å². The molecule has 0 atom stereocenters. The Hall–Kier alpha value is -3.04. The van der Waals surface area contributed by atoms with Crippen LogP contribution in [-0.2, 0) is 6.61 Å². The molecule has 4 heteroatoms. The number of aryl methyl sites for hydroxylation is 1. The number of rotatable bonds is 8. The summed E-state index contributed by atoms with van der Waals surface area (Å²) in [4.78, 5) is 12.5. The van der Waals surface area contributed by atoms with Gasteiger partial charge in [0.2, 0.25) is 0 Å². The molecule has 3 aromatic carbocycles. The Labute approximate surface area is 189 Å². The molecule has 0 amide bonds. The zero-order chi connectivity index (χ0) is 22.4. The summed E-state index contributed by atoms with van der Waals surface area (Å²) in [5.74, 6) is 1.89. The molecule has 0 bridgehead atoms. The van der Waals surface area contributed by atoms with Crippen molar-refractivity contribution in [1.82, 2.24) is 0 Å². The van der Waals surface area contributed by atoms with Gasteiger partial charge in [0, 0.05) is 16.1 Å². The Morgan fingerprint density at radius 2 is 1.77 bits per heavy atom. The smallest absolute Gasteiger partial charge is 0.185 e. The summed E-state index contributed by atoms with van der Waals surface area (Å²) in [5, 5.41) is 0.709. The third-order valence-electron chi connectivity index (χ3n) is 5.12. The van der Waals surface area contributed by atoms with E-state index >= 15 is 0 Å². The number of methoxy groups -OCH3 is 1. The highest BCUT2D eigenvalue weighted by molar-refractivity contribution is 6.31. The second-order valence-electron chi connectivity index (χ2n) is 7.75. The number of allylic oxidation sites excluding steroid dienone is 1. The molecule has 31 heavy (non-hydrogen) atoms. The van der Waals surface area contributed by atoms with Gasteiger partial charge in [-0.05, 0) is 65.9 Å². The number of ketones is 1. The fourth-order valence-corrected chi connectivity index (χ4v) is 3.30. The predicted octanol–water partition coefficient (Wildman–Crippen LogP) is 7.26. The highest BCUT2D eigenvalue weighted by atomic mass is 35.5. The van der Waals surface area contributed by atoms with Gasteiger partial charge in [0.25, 0.3) is 0 Å². The Balaban J connectivity index is 1.72. The van der Waals surface area contributed by atoms with Gasteiger partial charge in [0.1, 0.15) is 18.1 Å². The zero-order valence-corrected chi connectivity index (χ0v) is 19.1. The fourth-order valence-electron chi connectivity index (χ4n) is 3.18. The summed E-state index contributed by atoms with van der Waals surface area (Å²) in [6, 6.07) is 19.1. The van der Waals surface area contributed by atoms with Gasteiger partial charge < -0.3 is 9.47 Å². The Morgan fingerprint density at radius 1 is 1.03 bits per heavy atom. The Bertz CT molecular complexity index is 1080. The van der Waals surface area contributed by atoms with Crippen molar-refractivity contribution in [2.75, 3.05) is 7.11 Å². The van der Waals surface area contributed by atoms with Gasteiger partial charge in [-0.2, -0.15) is 0 Å². The van der Waals surface area contributed by atoms with Crippen molar-refractivity contribution in [3.63, 3.8) is 0 Å². The predicted molar refractivity (Wildman–Crippen MR) is 127 cm³/mol. The minimum Gasteiger partial charge on any atom is -0.496 e. The van der Waals surface area contributed by atoms with Crippen LogP contribution in [0.4, 0.5) is 0 Å². The second-order valence-corrected chi connectivity index (χ2v) is 8.15. The van der Waals surface area contributed by atoms with Crippen LogP contribution in [-0.4, -0.2) is 12.9 Å². The SMILES string of the molecule is COc1ccc(/C=C/C(=O)c2ccc(C(C)C)cc2)cc1COc1ccc(Cl)c(C)c1. The topological polar surface area (TPSA) is 35.5 Å². The number of ether oxygens (including phenoxy) is 2. The van der Waals surface area contributed by atoms with Crippen molar-refractivity contribution in [2.24, 2.45) is 0 Å². The summed E-state index contributed by atoms with van der Waals surface area (Å²) in [5.41, 5.74) is 4.65. The lowest BCUT2D eigenvalue weighted by Gasteiger charge is -2.12. The van der Waals surface area contributed by atoms with Crippen LogP contribution in [0.1, 0.15) is 52.4 Å². The van der Waals surface area contributed by atoms with E-state index < -0.39 is 0 Å². The molecular weight excluding hydrogens is 408 g/mol. The van der Waals surface area contributed by atoms with E-state index in [1.54, 1.807) is 13.2 Å². The van der Waals surface area contributed by atoms with Crippen LogP contribution in [0.25, 0.3) is 6.08 Å². The second kappa shape index (κ2) is 10.3. The molecule has 0 aliphatic carbocycles. The minimum absolute atomic E-state index is 0.0273. The molecule has 0 heterocycles. The summed E-state index contributed by atoms with van der Waals surface area (Å²) in [7, 11) is 1.63. The lowest BCUT2D eigenvalue weighted by molar-refractivity contribution is 0.104. The maximum atomic E-state index is 12.5. The van der Waals surface area contributed by atoms with E-state index in [0.717, 1.165) is 28.2 Å². The van der Waals surface area contributed by atoms with Crippen molar-refractivity contribution in [2.45, 2.75) is 33.3 Å². The van der Waals surface area contributed by atoms with Crippen molar-refractivity contribution in [3.8, 4) is 11.5 Å². The number of hydrogen-bond donors (Lipinski definition) is 0. The zero-order valence-electron chi connectivity index (χ0n) is 18.3. The molecule has 0 radical (unpaired) electrons. The molecule has 160 valence electrons. The van der Waals surface area contributed by atoms with Crippen molar-refractivity contribution < 1.29 is 14.3 Å². The van der Waals surface area contributed by atoms with Gasteiger partial charge >= 0.3 is 0 Å². The van der Waals surface area contributed by atoms with Crippen molar-refractivity contribution >= 4 is 23.5 Å². The van der Waals surface area contributed by atoms with E-state index in [1.807, 2.05) is 73.7 Å². The fraction of sp³-hybridized carbons (Fsp3) is 0.222. The van der Waals surface area contributed by atoms with E-state index in [4.69, 9.17) is 21.1 Å². The van der Waals surface area contributed by atoms with Gasteiger partial charge in [0.15, 0.2) is 5.78 Å². The van der Waals surface area contributed by atoms with Gasteiger partial charge in [-0.3, -0.25) is 4.79 Å². The van der Waals surface area contributed by atoms with Gasteiger partial charge in [-0.25, -0.2) is 0 Å². The molecule has 0 saturated heterocycles. The largest absolute Gasteiger partial charge is 0.496 e. The highest BCUT2D eigenvalue weighted by Crippen LogP contribution is 2.25. The summed E-state index contributed by atoms with van der Waals surface area (Å²) in [6.07, 6.45) is 3.41. The van der Waals surface area contributed by atoms with Crippen LogP contribution in [0.5, 0.6) is 11.5 Å². The molecular formula is C27H27ClO3. The monoisotopic (exact) mass is 434 g/mol. The maximum absolute atomic E-state index is 12.5. The average Bonchev–Trinajstić information content (AvgIpc) is 2.78. The lowest BCUT2D eigenvalue weighted by atomic mass is 10.00. The third kappa shape index (κ3) is 5.99. The first-order valence-electron chi connectivity index (χ1n) is 10.3. The molecule has 0 saturated carbocycles. The van der Waals surface area contributed by atoms with E-state index in [2.05, 4.69) is 13.8 Å². The molecule has 0 aliphatic heterocycles. The molecule has 0 spiro atoms. The summed E-state index contributed by atoms with van der Waals surface area (Å²) >= 11 is 6.08.